The predicted octanol–water partition coefficient (Wildman–Crippen LogP) is 4.34. The third kappa shape index (κ3) is 4.63. The van der Waals surface area contributed by atoms with Gasteiger partial charge in [0.1, 0.15) is 17.3 Å². The van der Waals surface area contributed by atoms with E-state index in [4.69, 9.17) is 16.3 Å². The third-order valence-corrected chi connectivity index (χ3v) is 4.15. The Balaban J connectivity index is 1.65. The molecule has 0 aliphatic rings. The predicted molar refractivity (Wildman–Crippen MR) is 108 cm³/mol. The molecule has 0 unspecified atom stereocenters. The molecule has 3 rings (SSSR count). The maximum absolute atomic E-state index is 12.3. The number of carbonyl (C=O) groups excluding carboxylic acids is 2. The van der Waals surface area contributed by atoms with Gasteiger partial charge >= 0.3 is 0 Å². The van der Waals surface area contributed by atoms with E-state index in [1.54, 1.807) is 49.6 Å². The van der Waals surface area contributed by atoms with Crippen LogP contribution in [0.1, 0.15) is 27.8 Å². The fourth-order valence-electron chi connectivity index (χ4n) is 2.39. The first-order chi connectivity index (χ1) is 13.5. The van der Waals surface area contributed by atoms with Crippen molar-refractivity contribution in [3.05, 3.63) is 71.1 Å². The van der Waals surface area contributed by atoms with Gasteiger partial charge in [-0.25, -0.2) is 9.97 Å². The van der Waals surface area contributed by atoms with Gasteiger partial charge in [0, 0.05) is 16.9 Å². The first-order valence-corrected chi connectivity index (χ1v) is 8.69. The Labute approximate surface area is 166 Å². The molecule has 8 heteroatoms. The Morgan fingerprint density at radius 2 is 1.71 bits per heavy atom. The third-order valence-electron chi connectivity index (χ3n) is 3.86. The summed E-state index contributed by atoms with van der Waals surface area (Å²) in [6, 6.07) is 11.8. The highest BCUT2D eigenvalue weighted by Gasteiger charge is 2.10. The Bertz CT molecular complexity index is 1000. The van der Waals surface area contributed by atoms with Crippen molar-refractivity contribution < 1.29 is 14.3 Å². The highest BCUT2D eigenvalue weighted by molar-refractivity contribution is 6.32. The summed E-state index contributed by atoms with van der Waals surface area (Å²) in [5, 5.41) is 6.23. The Morgan fingerprint density at radius 3 is 2.29 bits per heavy atom. The van der Waals surface area contributed by atoms with E-state index >= 15 is 0 Å². The molecule has 1 amide bonds. The number of carbonyl (C=O) groups is 2. The fourth-order valence-corrected chi connectivity index (χ4v) is 2.64. The van der Waals surface area contributed by atoms with Crippen molar-refractivity contribution in [3.8, 4) is 5.75 Å². The highest BCUT2D eigenvalue weighted by Crippen LogP contribution is 2.28. The van der Waals surface area contributed by atoms with Gasteiger partial charge < -0.3 is 15.4 Å². The van der Waals surface area contributed by atoms with Crippen molar-refractivity contribution in [2.24, 2.45) is 0 Å². The van der Waals surface area contributed by atoms with Crippen LogP contribution in [-0.2, 0) is 0 Å². The van der Waals surface area contributed by atoms with E-state index in [2.05, 4.69) is 20.6 Å². The smallest absolute Gasteiger partial charge is 0.275 e. The average Bonchev–Trinajstić information content (AvgIpc) is 2.69. The van der Waals surface area contributed by atoms with Crippen molar-refractivity contribution in [2.45, 2.75) is 6.92 Å². The topological polar surface area (TPSA) is 93.2 Å². The van der Waals surface area contributed by atoms with Crippen LogP contribution in [0.2, 0.25) is 5.02 Å². The first-order valence-electron chi connectivity index (χ1n) is 8.31. The molecule has 0 saturated heterocycles. The number of aromatic nitrogens is 2. The maximum atomic E-state index is 12.3. The van der Waals surface area contributed by atoms with Gasteiger partial charge in [-0.1, -0.05) is 11.6 Å². The summed E-state index contributed by atoms with van der Waals surface area (Å²) in [5.74, 6) is 0.595. The van der Waals surface area contributed by atoms with Gasteiger partial charge in [0.15, 0.2) is 5.78 Å². The summed E-state index contributed by atoms with van der Waals surface area (Å²) in [5.41, 5.74) is 2.01. The molecule has 28 heavy (non-hydrogen) atoms. The number of hydrogen-bond acceptors (Lipinski definition) is 6. The molecule has 1 heterocycles. The van der Waals surface area contributed by atoms with Crippen LogP contribution in [0.3, 0.4) is 0 Å². The van der Waals surface area contributed by atoms with Crippen LogP contribution < -0.4 is 15.4 Å². The fraction of sp³-hybridized carbons (Fsp3) is 0.100. The summed E-state index contributed by atoms with van der Waals surface area (Å²) in [6.07, 6.45) is 2.82. The van der Waals surface area contributed by atoms with Gasteiger partial charge in [0.05, 0.1) is 24.5 Å². The van der Waals surface area contributed by atoms with Crippen LogP contribution in [0.4, 0.5) is 17.2 Å². The van der Waals surface area contributed by atoms with E-state index < -0.39 is 5.91 Å². The molecule has 0 radical (unpaired) electrons. The molecule has 0 spiro atoms. The number of amides is 1. The quantitative estimate of drug-likeness (QED) is 0.602. The lowest BCUT2D eigenvalue weighted by atomic mass is 10.1. The second-order valence-corrected chi connectivity index (χ2v) is 6.26. The van der Waals surface area contributed by atoms with Gasteiger partial charge in [-0.2, -0.15) is 0 Å². The largest absolute Gasteiger partial charge is 0.495 e. The Kier molecular flexibility index (Phi) is 5.86. The molecule has 0 aliphatic carbocycles. The van der Waals surface area contributed by atoms with E-state index in [0.29, 0.717) is 33.5 Å². The molecule has 142 valence electrons. The maximum Gasteiger partial charge on any atom is 0.275 e. The molecular formula is C20H17ClN4O3. The van der Waals surface area contributed by atoms with Gasteiger partial charge in [0.25, 0.3) is 5.91 Å². The average molecular weight is 397 g/mol. The zero-order chi connectivity index (χ0) is 20.1. The van der Waals surface area contributed by atoms with Crippen molar-refractivity contribution >= 4 is 40.5 Å². The van der Waals surface area contributed by atoms with Crippen LogP contribution >= 0.6 is 11.6 Å². The lowest BCUT2D eigenvalue weighted by molar-refractivity contribution is 0.101. The van der Waals surface area contributed by atoms with Crippen LogP contribution in [0, 0.1) is 0 Å². The monoisotopic (exact) mass is 396 g/mol. The van der Waals surface area contributed by atoms with Gasteiger partial charge in [-0.3, -0.25) is 9.59 Å². The molecule has 0 saturated carbocycles. The van der Waals surface area contributed by atoms with E-state index in [0.717, 1.165) is 0 Å². The zero-order valence-corrected chi connectivity index (χ0v) is 15.9. The number of hydrogen-bond donors (Lipinski definition) is 2. The lowest BCUT2D eigenvalue weighted by Crippen LogP contribution is -2.14. The molecule has 7 nitrogen and oxygen atoms in total. The molecule has 3 aromatic rings. The molecule has 0 aliphatic heterocycles. The second-order valence-electron chi connectivity index (χ2n) is 5.85. The van der Waals surface area contributed by atoms with E-state index in [-0.39, 0.29) is 11.5 Å². The molecule has 1 aromatic heterocycles. The summed E-state index contributed by atoms with van der Waals surface area (Å²) >= 11 is 6.09. The van der Waals surface area contributed by atoms with Crippen LogP contribution in [0.25, 0.3) is 0 Å². The summed E-state index contributed by atoms with van der Waals surface area (Å²) in [4.78, 5) is 31.9. The number of ether oxygens (including phenoxy) is 1. The molecule has 2 aromatic carbocycles. The van der Waals surface area contributed by atoms with Crippen molar-refractivity contribution in [2.75, 3.05) is 17.7 Å². The van der Waals surface area contributed by atoms with Crippen LogP contribution in [0.15, 0.2) is 54.9 Å². The molecular weight excluding hydrogens is 380 g/mol. The second kappa shape index (κ2) is 8.49. The van der Waals surface area contributed by atoms with E-state index in [1.807, 2.05) is 0 Å². The Morgan fingerprint density at radius 1 is 1.00 bits per heavy atom. The van der Waals surface area contributed by atoms with Crippen molar-refractivity contribution in [1.29, 1.82) is 0 Å². The number of methoxy groups -OCH3 is 1. The SMILES string of the molecule is COc1ccc(Nc2cnc(C(=O)Nc3ccc(C(C)=O)cc3)cn2)cc1Cl. The first kappa shape index (κ1) is 19.3. The molecule has 0 fully saturated rings. The number of benzene rings is 2. The molecule has 0 bridgehead atoms. The number of anilines is 3. The number of nitrogens with zero attached hydrogens (tertiary/aromatic N) is 2. The highest BCUT2D eigenvalue weighted by atomic mass is 35.5. The minimum absolute atomic E-state index is 0.0371. The van der Waals surface area contributed by atoms with Gasteiger partial charge in [0.2, 0.25) is 0 Å². The minimum atomic E-state index is -0.401. The number of Topliss-reactive ketones (excluding diaryl/α,β-unsaturated/α-hetero) is 1. The van der Waals surface area contributed by atoms with Crippen molar-refractivity contribution in [1.82, 2.24) is 9.97 Å². The Hall–Kier alpha value is -3.45. The number of rotatable bonds is 6. The summed E-state index contributed by atoms with van der Waals surface area (Å²) < 4.78 is 5.11. The zero-order valence-electron chi connectivity index (χ0n) is 15.2. The minimum Gasteiger partial charge on any atom is -0.495 e. The number of ketones is 1. The number of halogens is 1. The van der Waals surface area contributed by atoms with E-state index in [9.17, 15) is 9.59 Å². The van der Waals surface area contributed by atoms with E-state index in [1.165, 1.54) is 19.3 Å². The molecule has 0 atom stereocenters. The van der Waals surface area contributed by atoms with Crippen LogP contribution in [-0.4, -0.2) is 28.8 Å². The normalized spacial score (nSPS) is 10.2. The van der Waals surface area contributed by atoms with Gasteiger partial charge in [-0.05, 0) is 49.4 Å². The molecule has 2 N–H and O–H groups in total. The van der Waals surface area contributed by atoms with Gasteiger partial charge in [-0.15, -0.1) is 0 Å². The summed E-state index contributed by atoms with van der Waals surface area (Å²) in [6.45, 7) is 1.48. The summed E-state index contributed by atoms with van der Waals surface area (Å²) in [7, 11) is 1.54. The van der Waals surface area contributed by atoms with Crippen LogP contribution in [0.5, 0.6) is 5.75 Å². The van der Waals surface area contributed by atoms with Crippen molar-refractivity contribution in [3.63, 3.8) is 0 Å². The standard InChI is InChI=1S/C20H17ClN4O3/c1-12(26)13-3-5-14(6-4-13)25-20(27)17-10-23-19(11-22-17)24-15-7-8-18(28-2)16(21)9-15/h3-11H,1-2H3,(H,23,24)(H,25,27). The number of nitrogens with one attached hydrogen (secondary N) is 2. The lowest BCUT2D eigenvalue weighted by Gasteiger charge is -2.09.